The van der Waals surface area contributed by atoms with E-state index in [1.54, 1.807) is 18.2 Å². The third-order valence-electron chi connectivity index (χ3n) is 5.85. The van der Waals surface area contributed by atoms with Crippen LogP contribution in [0.3, 0.4) is 0 Å². The number of anilines is 1. The van der Waals surface area contributed by atoms with E-state index in [0.717, 1.165) is 23.1 Å². The summed E-state index contributed by atoms with van der Waals surface area (Å²) in [5.41, 5.74) is 2.43. The predicted molar refractivity (Wildman–Crippen MR) is 139 cm³/mol. The van der Waals surface area contributed by atoms with Crippen LogP contribution in [-0.4, -0.2) is 52.6 Å². The minimum atomic E-state index is -2.16. The Morgan fingerprint density at radius 2 is 2.03 bits per heavy atom. The maximum absolute atomic E-state index is 12.5. The summed E-state index contributed by atoms with van der Waals surface area (Å²) in [6.45, 7) is 1.60. The Morgan fingerprint density at radius 1 is 1.22 bits per heavy atom. The lowest BCUT2D eigenvalue weighted by atomic mass is 10.1. The number of ether oxygens (including phenoxy) is 1. The van der Waals surface area contributed by atoms with Crippen molar-refractivity contribution in [3.63, 3.8) is 0 Å². The van der Waals surface area contributed by atoms with Crippen LogP contribution in [0.25, 0.3) is 16.3 Å². The lowest BCUT2D eigenvalue weighted by Gasteiger charge is -2.31. The number of carbonyl (C=O) groups is 1. The third kappa shape index (κ3) is 5.96. The first-order valence-electron chi connectivity index (χ1n) is 11.4. The highest BCUT2D eigenvalue weighted by atomic mass is 32.2. The Kier molecular flexibility index (Phi) is 7.35. The fourth-order valence-electron chi connectivity index (χ4n) is 4.02. The number of amides is 1. The van der Waals surface area contributed by atoms with Gasteiger partial charge in [0.05, 0.1) is 22.5 Å². The fraction of sp³-hybridized carbons (Fsp3) is 0.250. The molecule has 0 spiro atoms. The SMILES string of the molecule is O=C(C=Cc1ccccc1)N1CCC(n2cc(COc3ccc4nc(NS(=O)O)sc4c3)nn2)CC1. The molecular weight excluding hydrogens is 500 g/mol. The summed E-state index contributed by atoms with van der Waals surface area (Å²) in [6, 6.07) is 15.4. The van der Waals surface area contributed by atoms with E-state index in [0.29, 0.717) is 35.2 Å². The second kappa shape index (κ2) is 11.0. The van der Waals surface area contributed by atoms with Gasteiger partial charge >= 0.3 is 0 Å². The quantitative estimate of drug-likeness (QED) is 0.265. The second-order valence-electron chi connectivity index (χ2n) is 8.28. The number of aromatic nitrogens is 4. The molecule has 12 heteroatoms. The van der Waals surface area contributed by atoms with Crippen LogP contribution in [0.1, 0.15) is 30.1 Å². The largest absolute Gasteiger partial charge is 0.487 e. The van der Waals surface area contributed by atoms with Gasteiger partial charge in [-0.1, -0.05) is 46.9 Å². The van der Waals surface area contributed by atoms with E-state index < -0.39 is 11.3 Å². The average Bonchev–Trinajstić information content (AvgIpc) is 3.52. The van der Waals surface area contributed by atoms with Crippen molar-refractivity contribution < 1.29 is 18.3 Å². The number of piperidine rings is 1. The van der Waals surface area contributed by atoms with E-state index >= 15 is 0 Å². The molecule has 4 aromatic rings. The van der Waals surface area contributed by atoms with Gasteiger partial charge in [-0.25, -0.2) is 13.9 Å². The molecule has 1 unspecified atom stereocenters. The molecular formula is C24H24N6O4S2. The summed E-state index contributed by atoms with van der Waals surface area (Å²) in [6.07, 6.45) is 6.99. The zero-order valence-electron chi connectivity index (χ0n) is 19.2. The van der Waals surface area contributed by atoms with Gasteiger partial charge in [0.25, 0.3) is 11.3 Å². The molecule has 5 rings (SSSR count). The first-order chi connectivity index (χ1) is 17.5. The van der Waals surface area contributed by atoms with Gasteiger partial charge in [-0.3, -0.25) is 14.1 Å². The minimum absolute atomic E-state index is 0.0235. The van der Waals surface area contributed by atoms with Gasteiger partial charge in [-0.15, -0.1) is 5.10 Å². The lowest BCUT2D eigenvalue weighted by Crippen LogP contribution is -2.38. The van der Waals surface area contributed by atoms with Crippen molar-refractivity contribution in [3.8, 4) is 5.75 Å². The molecule has 1 amide bonds. The van der Waals surface area contributed by atoms with Crippen molar-refractivity contribution in [3.05, 3.63) is 72.1 Å². The van der Waals surface area contributed by atoms with Crippen LogP contribution in [0.15, 0.2) is 60.8 Å². The summed E-state index contributed by atoms with van der Waals surface area (Å²) < 4.78 is 30.8. The second-order valence-corrected chi connectivity index (χ2v) is 10.0. The molecule has 1 fully saturated rings. The lowest BCUT2D eigenvalue weighted by molar-refractivity contribution is -0.127. The zero-order chi connectivity index (χ0) is 24.9. The monoisotopic (exact) mass is 524 g/mol. The van der Waals surface area contributed by atoms with E-state index in [4.69, 9.17) is 9.29 Å². The van der Waals surface area contributed by atoms with Gasteiger partial charge in [0.15, 0.2) is 5.13 Å². The van der Waals surface area contributed by atoms with E-state index in [1.807, 2.05) is 58.3 Å². The highest BCUT2D eigenvalue weighted by molar-refractivity contribution is 7.80. The first-order valence-corrected chi connectivity index (χ1v) is 13.3. The van der Waals surface area contributed by atoms with Crippen molar-refractivity contribution in [2.45, 2.75) is 25.5 Å². The van der Waals surface area contributed by atoms with Crippen molar-refractivity contribution in [1.82, 2.24) is 24.9 Å². The molecule has 0 bridgehead atoms. The molecule has 186 valence electrons. The molecule has 2 aromatic heterocycles. The molecule has 36 heavy (non-hydrogen) atoms. The van der Waals surface area contributed by atoms with Crippen molar-refractivity contribution in [2.24, 2.45) is 0 Å². The van der Waals surface area contributed by atoms with E-state index in [9.17, 15) is 9.00 Å². The fourth-order valence-corrected chi connectivity index (χ4v) is 5.34. The number of hydrogen-bond acceptors (Lipinski definition) is 7. The van der Waals surface area contributed by atoms with Crippen LogP contribution in [0.5, 0.6) is 5.75 Å². The Bertz CT molecular complexity index is 1400. The number of rotatable bonds is 8. The van der Waals surface area contributed by atoms with E-state index in [-0.39, 0.29) is 18.6 Å². The van der Waals surface area contributed by atoms with Crippen molar-refractivity contribution >= 4 is 49.9 Å². The molecule has 0 saturated carbocycles. The Balaban J connectivity index is 1.12. The number of hydrogen-bond donors (Lipinski definition) is 2. The Morgan fingerprint density at radius 3 is 2.81 bits per heavy atom. The van der Waals surface area contributed by atoms with Gasteiger partial charge in [0, 0.05) is 19.2 Å². The average molecular weight is 525 g/mol. The summed E-state index contributed by atoms with van der Waals surface area (Å²) in [4.78, 5) is 18.6. The predicted octanol–water partition coefficient (Wildman–Crippen LogP) is 3.89. The summed E-state index contributed by atoms with van der Waals surface area (Å²) in [5.74, 6) is 0.670. The highest BCUT2D eigenvalue weighted by Crippen LogP contribution is 2.30. The number of fused-ring (bicyclic) bond motifs is 1. The molecule has 3 heterocycles. The smallest absolute Gasteiger partial charge is 0.260 e. The molecule has 0 radical (unpaired) electrons. The molecule has 10 nitrogen and oxygen atoms in total. The van der Waals surface area contributed by atoms with Gasteiger partial charge in [0.2, 0.25) is 5.91 Å². The summed E-state index contributed by atoms with van der Waals surface area (Å²) in [5, 5.41) is 8.88. The maximum Gasteiger partial charge on any atom is 0.260 e. The van der Waals surface area contributed by atoms with E-state index in [1.165, 1.54) is 11.3 Å². The van der Waals surface area contributed by atoms with Gasteiger partial charge in [0.1, 0.15) is 18.1 Å². The summed E-state index contributed by atoms with van der Waals surface area (Å²) in [7, 11) is 0. The number of nitrogens with one attached hydrogen (secondary N) is 1. The number of likely N-dealkylation sites (tertiary alicyclic amines) is 1. The number of thiazole rings is 1. The Hall–Kier alpha value is -3.61. The zero-order valence-corrected chi connectivity index (χ0v) is 20.8. The number of nitrogens with zero attached hydrogens (tertiary/aromatic N) is 5. The van der Waals surface area contributed by atoms with Gasteiger partial charge in [-0.05, 0) is 42.7 Å². The minimum Gasteiger partial charge on any atom is -0.487 e. The standard InChI is InChI=1S/C24H24N6O4S2/c31-23(9-6-17-4-2-1-3-5-17)29-12-10-19(11-13-29)30-15-18(26-28-30)16-34-20-7-8-21-22(14-20)35-24(25-21)27-36(32)33/h1-9,14-15,19H,10-13,16H2,(H,25,27)(H,32,33). The normalized spacial score (nSPS) is 15.4. The number of benzene rings is 2. The topological polar surface area (TPSA) is 122 Å². The van der Waals surface area contributed by atoms with Crippen LogP contribution in [0.2, 0.25) is 0 Å². The van der Waals surface area contributed by atoms with Crippen molar-refractivity contribution in [1.29, 1.82) is 0 Å². The highest BCUT2D eigenvalue weighted by Gasteiger charge is 2.23. The molecule has 1 saturated heterocycles. The van der Waals surface area contributed by atoms with Gasteiger partial charge < -0.3 is 9.64 Å². The van der Waals surface area contributed by atoms with Crippen LogP contribution >= 0.6 is 11.3 Å². The summed E-state index contributed by atoms with van der Waals surface area (Å²) >= 11 is -0.894. The first kappa shape index (κ1) is 24.1. The van der Waals surface area contributed by atoms with Crippen LogP contribution < -0.4 is 9.46 Å². The molecule has 2 aromatic carbocycles. The Labute approximate surface area is 214 Å². The maximum atomic E-state index is 12.5. The number of carbonyl (C=O) groups excluding carboxylic acids is 1. The molecule has 0 aliphatic carbocycles. The van der Waals surface area contributed by atoms with Crippen LogP contribution in [0, 0.1) is 0 Å². The van der Waals surface area contributed by atoms with Crippen LogP contribution in [0.4, 0.5) is 5.13 Å². The molecule has 1 aliphatic rings. The van der Waals surface area contributed by atoms with Crippen molar-refractivity contribution in [2.75, 3.05) is 17.8 Å². The third-order valence-corrected chi connectivity index (χ3v) is 7.28. The van der Waals surface area contributed by atoms with Gasteiger partial charge in [-0.2, -0.15) is 0 Å². The molecule has 1 aliphatic heterocycles. The molecule has 2 N–H and O–H groups in total. The van der Waals surface area contributed by atoms with E-state index in [2.05, 4.69) is 20.0 Å². The molecule has 1 atom stereocenters. The van der Waals surface area contributed by atoms with Crippen LogP contribution in [-0.2, 0) is 22.7 Å².